The number of fused-ring (bicyclic) bond motifs is 1. The topological polar surface area (TPSA) is 85.2 Å². The maximum atomic E-state index is 11.5. The van der Waals surface area contributed by atoms with Crippen molar-refractivity contribution in [3.05, 3.63) is 53.2 Å². The summed E-state index contributed by atoms with van der Waals surface area (Å²) in [6.45, 7) is 1.45. The number of hydrogen-bond acceptors (Lipinski definition) is 4. The number of anilines is 2. The molecule has 3 rings (SSSR count). The lowest BCUT2D eigenvalue weighted by atomic mass is 9.98. The van der Waals surface area contributed by atoms with Gasteiger partial charge in [0, 0.05) is 25.0 Å². The molecular formula is C15H16N4O. The summed E-state index contributed by atoms with van der Waals surface area (Å²) in [6.07, 6.45) is 2.56. The molecule has 1 amide bonds. The number of aromatic nitrogens is 1. The van der Waals surface area contributed by atoms with E-state index < -0.39 is 5.91 Å². The van der Waals surface area contributed by atoms with Crippen molar-refractivity contribution in [1.82, 2.24) is 4.98 Å². The van der Waals surface area contributed by atoms with Crippen LogP contribution in [0.5, 0.6) is 0 Å². The maximum Gasteiger partial charge on any atom is 0.252 e. The van der Waals surface area contributed by atoms with Crippen molar-refractivity contribution < 1.29 is 4.79 Å². The van der Waals surface area contributed by atoms with Crippen LogP contribution in [0.3, 0.4) is 0 Å². The number of primary amides is 1. The molecule has 4 N–H and O–H groups in total. The van der Waals surface area contributed by atoms with Crippen LogP contribution in [0, 0.1) is 0 Å². The Morgan fingerprint density at radius 3 is 2.90 bits per heavy atom. The number of pyridine rings is 1. The number of rotatable bonds is 2. The van der Waals surface area contributed by atoms with Crippen LogP contribution in [0.4, 0.5) is 11.5 Å². The normalized spacial score (nSPS) is 13.9. The van der Waals surface area contributed by atoms with E-state index in [4.69, 9.17) is 11.5 Å². The van der Waals surface area contributed by atoms with Crippen molar-refractivity contribution in [2.75, 3.05) is 17.2 Å². The third-order valence-corrected chi connectivity index (χ3v) is 3.66. The molecule has 0 saturated heterocycles. The Bertz CT molecular complexity index is 669. The van der Waals surface area contributed by atoms with E-state index in [9.17, 15) is 4.79 Å². The monoisotopic (exact) mass is 268 g/mol. The first kappa shape index (κ1) is 12.5. The van der Waals surface area contributed by atoms with Crippen molar-refractivity contribution in [2.45, 2.75) is 13.0 Å². The van der Waals surface area contributed by atoms with Gasteiger partial charge in [-0.25, -0.2) is 4.98 Å². The summed E-state index contributed by atoms with van der Waals surface area (Å²) in [6, 6.07) is 9.38. The highest BCUT2D eigenvalue weighted by Gasteiger charge is 2.22. The van der Waals surface area contributed by atoms with E-state index in [0.29, 0.717) is 17.9 Å². The van der Waals surface area contributed by atoms with Crippen LogP contribution in [0.25, 0.3) is 0 Å². The molecule has 0 saturated carbocycles. The van der Waals surface area contributed by atoms with E-state index in [1.54, 1.807) is 18.3 Å². The van der Waals surface area contributed by atoms with Crippen molar-refractivity contribution in [3.8, 4) is 0 Å². The predicted molar refractivity (Wildman–Crippen MR) is 78.4 cm³/mol. The summed E-state index contributed by atoms with van der Waals surface area (Å²) in [5.41, 5.74) is 15.1. The maximum absolute atomic E-state index is 11.5. The van der Waals surface area contributed by atoms with Gasteiger partial charge in [0.2, 0.25) is 0 Å². The molecule has 2 aromatic rings. The third kappa shape index (κ3) is 2.07. The van der Waals surface area contributed by atoms with Gasteiger partial charge in [0.05, 0.1) is 5.56 Å². The molecule has 0 atom stereocenters. The summed E-state index contributed by atoms with van der Waals surface area (Å²) < 4.78 is 0. The van der Waals surface area contributed by atoms with Crippen LogP contribution >= 0.6 is 0 Å². The zero-order valence-electron chi connectivity index (χ0n) is 11.0. The van der Waals surface area contributed by atoms with Crippen LogP contribution < -0.4 is 16.4 Å². The van der Waals surface area contributed by atoms with E-state index in [2.05, 4.69) is 16.0 Å². The molecule has 0 spiro atoms. The number of nitrogens with two attached hydrogens (primary N) is 2. The van der Waals surface area contributed by atoms with Gasteiger partial charge in [-0.05, 0) is 35.7 Å². The highest BCUT2D eigenvalue weighted by atomic mass is 16.1. The Kier molecular flexibility index (Phi) is 3.02. The molecule has 1 aliphatic heterocycles. The van der Waals surface area contributed by atoms with Crippen molar-refractivity contribution in [2.24, 2.45) is 5.73 Å². The second-order valence-corrected chi connectivity index (χ2v) is 4.90. The van der Waals surface area contributed by atoms with Gasteiger partial charge in [-0.2, -0.15) is 0 Å². The first-order chi connectivity index (χ1) is 9.66. The van der Waals surface area contributed by atoms with E-state index >= 15 is 0 Å². The zero-order valence-corrected chi connectivity index (χ0v) is 11.0. The predicted octanol–water partition coefficient (Wildman–Crippen LogP) is 1.33. The average Bonchev–Trinajstić information content (AvgIpc) is 2.47. The average molecular weight is 268 g/mol. The Labute approximate surface area is 117 Å². The van der Waals surface area contributed by atoms with Crippen molar-refractivity contribution in [1.29, 1.82) is 0 Å². The van der Waals surface area contributed by atoms with Gasteiger partial charge in [0.25, 0.3) is 5.91 Å². The first-order valence-corrected chi connectivity index (χ1v) is 6.53. The minimum Gasteiger partial charge on any atom is -0.398 e. The minimum atomic E-state index is -0.458. The smallest absolute Gasteiger partial charge is 0.252 e. The Hall–Kier alpha value is -2.56. The number of benzene rings is 1. The van der Waals surface area contributed by atoms with Gasteiger partial charge < -0.3 is 16.4 Å². The van der Waals surface area contributed by atoms with E-state index in [1.807, 2.05) is 12.1 Å². The lowest BCUT2D eigenvalue weighted by Crippen LogP contribution is -2.33. The molecule has 0 fully saturated rings. The first-order valence-electron chi connectivity index (χ1n) is 6.53. The summed E-state index contributed by atoms with van der Waals surface area (Å²) in [5, 5.41) is 0. The standard InChI is InChI=1S/C15H16N4O/c16-13-5-1-3-10-6-8-19(9-12(10)13)15-11(14(17)20)4-2-7-18-15/h1-5,7H,6,8-9,16H2,(H2,17,20). The van der Waals surface area contributed by atoms with E-state index in [1.165, 1.54) is 5.56 Å². The van der Waals surface area contributed by atoms with Gasteiger partial charge >= 0.3 is 0 Å². The van der Waals surface area contributed by atoms with Gasteiger partial charge in [0.1, 0.15) is 5.82 Å². The molecular weight excluding hydrogens is 252 g/mol. The molecule has 1 aromatic heterocycles. The van der Waals surface area contributed by atoms with Gasteiger partial charge in [-0.1, -0.05) is 12.1 Å². The molecule has 5 heteroatoms. The SMILES string of the molecule is NC(=O)c1cccnc1N1CCc2cccc(N)c2C1. The number of carbonyl (C=O) groups is 1. The molecule has 1 aliphatic rings. The number of nitrogen functional groups attached to an aromatic ring is 1. The molecule has 2 heterocycles. The number of hydrogen-bond donors (Lipinski definition) is 2. The Morgan fingerprint density at radius 2 is 2.10 bits per heavy atom. The number of amides is 1. The second kappa shape index (κ2) is 4.85. The fourth-order valence-electron chi connectivity index (χ4n) is 2.63. The molecule has 5 nitrogen and oxygen atoms in total. The van der Waals surface area contributed by atoms with Gasteiger partial charge in [-0.3, -0.25) is 4.79 Å². The molecule has 102 valence electrons. The summed E-state index contributed by atoms with van der Waals surface area (Å²) >= 11 is 0. The van der Waals surface area contributed by atoms with E-state index in [-0.39, 0.29) is 0 Å². The third-order valence-electron chi connectivity index (χ3n) is 3.66. The largest absolute Gasteiger partial charge is 0.398 e. The summed E-state index contributed by atoms with van der Waals surface area (Å²) in [7, 11) is 0. The van der Waals surface area contributed by atoms with Crippen LogP contribution in [-0.4, -0.2) is 17.4 Å². The number of nitrogens with zero attached hydrogens (tertiary/aromatic N) is 2. The summed E-state index contributed by atoms with van der Waals surface area (Å²) in [5.74, 6) is 0.175. The fraction of sp³-hybridized carbons (Fsp3) is 0.200. The molecule has 0 aliphatic carbocycles. The highest BCUT2D eigenvalue weighted by Crippen LogP contribution is 2.28. The zero-order chi connectivity index (χ0) is 14.1. The molecule has 0 bridgehead atoms. The molecule has 20 heavy (non-hydrogen) atoms. The Morgan fingerprint density at radius 1 is 1.25 bits per heavy atom. The second-order valence-electron chi connectivity index (χ2n) is 4.90. The quantitative estimate of drug-likeness (QED) is 0.804. The van der Waals surface area contributed by atoms with Gasteiger partial charge in [0.15, 0.2) is 0 Å². The number of carbonyl (C=O) groups excluding carboxylic acids is 1. The fourth-order valence-corrected chi connectivity index (χ4v) is 2.63. The van der Waals surface area contributed by atoms with Crippen molar-refractivity contribution >= 4 is 17.4 Å². The lowest BCUT2D eigenvalue weighted by molar-refractivity contribution is 0.100. The highest BCUT2D eigenvalue weighted by molar-refractivity contribution is 5.97. The summed E-state index contributed by atoms with van der Waals surface area (Å²) in [4.78, 5) is 17.9. The molecule has 0 unspecified atom stereocenters. The minimum absolute atomic E-state index is 0.449. The van der Waals surface area contributed by atoms with Crippen LogP contribution in [0.2, 0.25) is 0 Å². The van der Waals surface area contributed by atoms with Crippen LogP contribution in [0.15, 0.2) is 36.5 Å². The lowest BCUT2D eigenvalue weighted by Gasteiger charge is -2.31. The van der Waals surface area contributed by atoms with E-state index in [0.717, 1.165) is 24.2 Å². The molecule has 0 radical (unpaired) electrons. The van der Waals surface area contributed by atoms with Crippen LogP contribution in [0.1, 0.15) is 21.5 Å². The Balaban J connectivity index is 1.99. The molecule has 1 aromatic carbocycles. The van der Waals surface area contributed by atoms with Crippen molar-refractivity contribution in [3.63, 3.8) is 0 Å². The van der Waals surface area contributed by atoms with Crippen LogP contribution in [-0.2, 0) is 13.0 Å². The van der Waals surface area contributed by atoms with Gasteiger partial charge in [-0.15, -0.1) is 0 Å².